The van der Waals surface area contributed by atoms with E-state index in [9.17, 15) is 4.79 Å². The highest BCUT2D eigenvalue weighted by Gasteiger charge is 2.24. The van der Waals surface area contributed by atoms with Crippen LogP contribution in [0.2, 0.25) is 0 Å². The number of pyridine rings is 1. The molecule has 0 bridgehead atoms. The van der Waals surface area contributed by atoms with Crippen LogP contribution >= 0.6 is 0 Å². The molecule has 0 radical (unpaired) electrons. The summed E-state index contributed by atoms with van der Waals surface area (Å²) in [5.74, 6) is 6.88. The van der Waals surface area contributed by atoms with E-state index < -0.39 is 0 Å². The van der Waals surface area contributed by atoms with Gasteiger partial charge in [0.1, 0.15) is 0 Å². The topological polar surface area (TPSA) is 48.5 Å². The lowest BCUT2D eigenvalue weighted by Crippen LogP contribution is -2.19. The van der Waals surface area contributed by atoms with Crippen LogP contribution < -0.4 is 10.2 Å². The van der Waals surface area contributed by atoms with Gasteiger partial charge >= 0.3 is 0 Å². The van der Waals surface area contributed by atoms with Crippen LogP contribution in [0.1, 0.15) is 10.4 Å². The molecule has 0 saturated heterocycles. The normalized spacial score (nSPS) is 12.7. The van der Waals surface area contributed by atoms with Gasteiger partial charge in [0, 0.05) is 6.20 Å². The van der Waals surface area contributed by atoms with Gasteiger partial charge in [-0.1, -0.05) is 24.0 Å². The Morgan fingerprint density at radius 2 is 2.00 bits per heavy atom. The van der Waals surface area contributed by atoms with E-state index in [1.54, 1.807) is 6.20 Å². The minimum atomic E-state index is -0.126. The molecule has 0 aliphatic carbocycles. The van der Waals surface area contributed by atoms with Crippen molar-refractivity contribution in [2.75, 3.05) is 37.4 Å². The maximum Gasteiger partial charge on any atom is 0.257 e. The lowest BCUT2D eigenvalue weighted by atomic mass is 10.1. The Balaban J connectivity index is 2.03. The molecule has 1 N–H and O–H groups in total. The predicted molar refractivity (Wildman–Crippen MR) is 92.0 cm³/mol. The third kappa shape index (κ3) is 3.17. The first kappa shape index (κ1) is 15.1. The summed E-state index contributed by atoms with van der Waals surface area (Å²) in [7, 11) is 3.96. The van der Waals surface area contributed by atoms with Crippen molar-refractivity contribution in [3.05, 3.63) is 48.2 Å². The first-order valence-corrected chi connectivity index (χ1v) is 7.40. The van der Waals surface area contributed by atoms with Gasteiger partial charge in [-0.25, -0.2) is 4.98 Å². The number of benzene rings is 1. The Labute approximate surface area is 135 Å². The largest absolute Gasteiger partial charge is 0.319 e. The molecule has 5 nitrogen and oxygen atoms in total. The number of hydrogen-bond donors (Lipinski definition) is 1. The van der Waals surface area contributed by atoms with E-state index in [-0.39, 0.29) is 5.91 Å². The highest BCUT2D eigenvalue weighted by molar-refractivity contribution is 6.12. The van der Waals surface area contributed by atoms with Gasteiger partial charge in [-0.2, -0.15) is 0 Å². The van der Waals surface area contributed by atoms with E-state index in [4.69, 9.17) is 0 Å². The lowest BCUT2D eigenvalue weighted by Gasteiger charge is -2.22. The number of nitrogens with zero attached hydrogens (tertiary/aromatic N) is 3. The SMILES string of the molecule is CN(C)CC#CCN1c2ccccc2C(=O)Nc2cccnc21. The molecule has 0 fully saturated rings. The van der Waals surface area contributed by atoms with Gasteiger partial charge in [-0.15, -0.1) is 0 Å². The number of fused-ring (bicyclic) bond motifs is 2. The van der Waals surface area contributed by atoms with Crippen molar-refractivity contribution in [2.45, 2.75) is 0 Å². The van der Waals surface area contributed by atoms with E-state index in [1.807, 2.05) is 60.3 Å². The fourth-order valence-electron chi connectivity index (χ4n) is 2.42. The van der Waals surface area contributed by atoms with Crippen LogP contribution in [0.15, 0.2) is 42.6 Å². The van der Waals surface area contributed by atoms with Gasteiger partial charge in [0.25, 0.3) is 5.91 Å². The average molecular weight is 306 g/mol. The first-order chi connectivity index (χ1) is 11.2. The molecule has 1 amide bonds. The molecule has 1 aliphatic rings. The molecule has 2 heterocycles. The summed E-state index contributed by atoms with van der Waals surface area (Å²) in [4.78, 5) is 20.9. The van der Waals surface area contributed by atoms with Crippen molar-refractivity contribution in [2.24, 2.45) is 0 Å². The molecule has 0 unspecified atom stereocenters. The second-order valence-corrected chi connectivity index (χ2v) is 5.52. The van der Waals surface area contributed by atoms with Gasteiger partial charge in [0.2, 0.25) is 0 Å². The standard InChI is InChI=1S/C18H18N4O/c1-21(2)12-5-6-13-22-16-10-4-3-8-14(16)18(23)20-15-9-7-11-19-17(15)22/h3-4,7-11H,12-13H2,1-2H3,(H,20,23). The van der Waals surface area contributed by atoms with Crippen molar-refractivity contribution >= 4 is 23.1 Å². The number of anilines is 3. The van der Waals surface area contributed by atoms with Crippen molar-refractivity contribution in [3.8, 4) is 11.8 Å². The van der Waals surface area contributed by atoms with E-state index in [0.717, 1.165) is 5.69 Å². The molecule has 3 rings (SSSR count). The smallest absolute Gasteiger partial charge is 0.257 e. The van der Waals surface area contributed by atoms with Gasteiger partial charge in [0.15, 0.2) is 5.82 Å². The number of hydrogen-bond acceptors (Lipinski definition) is 4. The molecule has 1 aromatic heterocycles. The molecular weight excluding hydrogens is 288 g/mol. The summed E-state index contributed by atoms with van der Waals surface area (Å²) in [6.45, 7) is 1.17. The highest BCUT2D eigenvalue weighted by atomic mass is 16.1. The van der Waals surface area contributed by atoms with E-state index in [0.29, 0.717) is 30.2 Å². The first-order valence-electron chi connectivity index (χ1n) is 7.40. The van der Waals surface area contributed by atoms with Crippen LogP contribution in [0.3, 0.4) is 0 Å². The number of carbonyl (C=O) groups is 1. The minimum Gasteiger partial charge on any atom is -0.319 e. The number of para-hydroxylation sites is 1. The lowest BCUT2D eigenvalue weighted by molar-refractivity contribution is 0.102. The number of carbonyl (C=O) groups excluding carboxylic acids is 1. The van der Waals surface area contributed by atoms with Crippen LogP contribution in [0, 0.1) is 11.8 Å². The van der Waals surface area contributed by atoms with Gasteiger partial charge in [-0.3, -0.25) is 9.69 Å². The number of nitrogens with one attached hydrogen (secondary N) is 1. The van der Waals surface area contributed by atoms with Crippen LogP contribution in [0.4, 0.5) is 17.2 Å². The summed E-state index contributed by atoms with van der Waals surface area (Å²) in [6, 6.07) is 11.2. The van der Waals surface area contributed by atoms with Crippen molar-refractivity contribution in [3.63, 3.8) is 0 Å². The van der Waals surface area contributed by atoms with Crippen LogP contribution in [0.25, 0.3) is 0 Å². The van der Waals surface area contributed by atoms with Crippen LogP contribution in [-0.4, -0.2) is 43.0 Å². The number of rotatable bonds is 2. The monoisotopic (exact) mass is 306 g/mol. The summed E-state index contributed by atoms with van der Waals surface area (Å²) >= 11 is 0. The zero-order valence-corrected chi connectivity index (χ0v) is 13.2. The predicted octanol–water partition coefficient (Wildman–Crippen LogP) is 2.35. The summed E-state index contributed by atoms with van der Waals surface area (Å²) in [5, 5.41) is 2.92. The molecule has 0 saturated carbocycles. The van der Waals surface area contributed by atoms with Crippen molar-refractivity contribution in [1.29, 1.82) is 0 Å². The Morgan fingerprint density at radius 1 is 1.17 bits per heavy atom. The quantitative estimate of drug-likeness (QED) is 0.865. The van der Waals surface area contributed by atoms with Gasteiger partial charge in [-0.05, 0) is 38.4 Å². The second-order valence-electron chi connectivity index (χ2n) is 5.52. The highest BCUT2D eigenvalue weighted by Crippen LogP contribution is 2.35. The Kier molecular flexibility index (Phi) is 4.26. The Hall–Kier alpha value is -2.84. The molecule has 5 heteroatoms. The van der Waals surface area contributed by atoms with Crippen LogP contribution in [0.5, 0.6) is 0 Å². The molecule has 0 atom stereocenters. The van der Waals surface area contributed by atoms with E-state index >= 15 is 0 Å². The molecule has 1 aromatic carbocycles. The molecule has 0 spiro atoms. The number of aromatic nitrogens is 1. The maximum absolute atomic E-state index is 12.4. The maximum atomic E-state index is 12.4. The average Bonchev–Trinajstić information content (AvgIpc) is 2.66. The number of amides is 1. The molecule has 1 aliphatic heterocycles. The van der Waals surface area contributed by atoms with Gasteiger partial charge < -0.3 is 10.2 Å². The molecule has 23 heavy (non-hydrogen) atoms. The molecule has 116 valence electrons. The second kappa shape index (κ2) is 6.51. The van der Waals surface area contributed by atoms with Gasteiger partial charge in [0.05, 0.1) is 30.0 Å². The van der Waals surface area contributed by atoms with E-state index in [1.165, 1.54) is 0 Å². The Morgan fingerprint density at radius 3 is 2.83 bits per heavy atom. The van der Waals surface area contributed by atoms with E-state index in [2.05, 4.69) is 22.1 Å². The zero-order valence-electron chi connectivity index (χ0n) is 13.2. The zero-order chi connectivity index (χ0) is 16.2. The molecular formula is C18H18N4O. The summed E-state index contributed by atoms with van der Waals surface area (Å²) < 4.78 is 0. The van der Waals surface area contributed by atoms with Crippen molar-refractivity contribution < 1.29 is 4.79 Å². The summed E-state index contributed by atoms with van der Waals surface area (Å²) in [6.07, 6.45) is 1.72. The minimum absolute atomic E-state index is 0.126. The molecule has 2 aromatic rings. The third-order valence-electron chi connectivity index (χ3n) is 3.49. The van der Waals surface area contributed by atoms with Crippen LogP contribution in [-0.2, 0) is 0 Å². The Bertz CT molecular complexity index is 789. The fourth-order valence-corrected chi connectivity index (χ4v) is 2.42. The van der Waals surface area contributed by atoms with Crippen molar-refractivity contribution in [1.82, 2.24) is 9.88 Å². The third-order valence-corrected chi connectivity index (χ3v) is 3.49. The summed E-state index contributed by atoms with van der Waals surface area (Å²) in [5.41, 5.74) is 2.14. The fraction of sp³-hybridized carbons (Fsp3) is 0.222.